The third-order valence-corrected chi connectivity index (χ3v) is 3.22. The number of hydrogen-bond acceptors (Lipinski definition) is 2. The Labute approximate surface area is 130 Å². The molecule has 0 atom stereocenters. The topological polar surface area (TPSA) is 49.4 Å². The van der Waals surface area contributed by atoms with E-state index in [9.17, 15) is 22.8 Å². The molecule has 2 aromatic rings. The molecule has 0 unspecified atom stereocenters. The first kappa shape index (κ1) is 16.5. The number of amides is 2. The van der Waals surface area contributed by atoms with Gasteiger partial charge in [0.15, 0.2) is 11.6 Å². The highest BCUT2D eigenvalue weighted by Crippen LogP contribution is 2.27. The van der Waals surface area contributed by atoms with E-state index in [1.807, 2.05) is 0 Å². The third kappa shape index (κ3) is 3.68. The molecule has 1 N–H and O–H groups in total. The Kier molecular flexibility index (Phi) is 4.68. The van der Waals surface area contributed by atoms with E-state index in [1.165, 1.54) is 24.9 Å². The lowest BCUT2D eigenvalue weighted by Crippen LogP contribution is -2.25. The molecule has 0 aliphatic heterocycles. The first-order chi connectivity index (χ1) is 10.8. The van der Waals surface area contributed by atoms with Crippen molar-refractivity contribution in [3.05, 3.63) is 59.4 Å². The Balaban J connectivity index is 2.35. The summed E-state index contributed by atoms with van der Waals surface area (Å²) in [4.78, 5) is 24.8. The fraction of sp³-hybridized carbons (Fsp3) is 0.125. The standard InChI is InChI=1S/C16H13F3N2O2/c1-9(22)21(2)15-6-4-11(17)8-14(15)20-16(23)10-3-5-12(18)13(19)7-10/h3-8H,1-2H3,(H,20,23). The number of carbonyl (C=O) groups excluding carboxylic acids is 2. The average molecular weight is 322 g/mol. The molecule has 2 amide bonds. The van der Waals surface area contributed by atoms with Crippen LogP contribution in [0, 0.1) is 17.5 Å². The summed E-state index contributed by atoms with van der Waals surface area (Å²) in [7, 11) is 1.46. The van der Waals surface area contributed by atoms with Crippen LogP contribution < -0.4 is 10.2 Å². The van der Waals surface area contributed by atoms with Crippen LogP contribution in [-0.4, -0.2) is 18.9 Å². The summed E-state index contributed by atoms with van der Waals surface area (Å²) in [5, 5.41) is 2.39. The van der Waals surface area contributed by atoms with Gasteiger partial charge in [0.1, 0.15) is 5.82 Å². The van der Waals surface area contributed by atoms with Crippen LogP contribution in [0.25, 0.3) is 0 Å². The van der Waals surface area contributed by atoms with E-state index < -0.39 is 23.4 Å². The summed E-state index contributed by atoms with van der Waals surface area (Å²) in [6, 6.07) is 6.16. The van der Waals surface area contributed by atoms with Gasteiger partial charge in [-0.05, 0) is 36.4 Å². The van der Waals surface area contributed by atoms with Crippen molar-refractivity contribution in [3.8, 4) is 0 Å². The van der Waals surface area contributed by atoms with Crippen molar-refractivity contribution in [2.24, 2.45) is 0 Å². The number of benzene rings is 2. The lowest BCUT2D eigenvalue weighted by Gasteiger charge is -2.19. The van der Waals surface area contributed by atoms with Crippen molar-refractivity contribution in [2.75, 3.05) is 17.3 Å². The van der Waals surface area contributed by atoms with Crippen LogP contribution in [0.4, 0.5) is 24.5 Å². The SMILES string of the molecule is CC(=O)N(C)c1ccc(F)cc1NC(=O)c1ccc(F)c(F)c1. The number of halogens is 3. The highest BCUT2D eigenvalue weighted by atomic mass is 19.2. The van der Waals surface area contributed by atoms with Gasteiger partial charge in [0.2, 0.25) is 5.91 Å². The summed E-state index contributed by atoms with van der Waals surface area (Å²) >= 11 is 0. The lowest BCUT2D eigenvalue weighted by molar-refractivity contribution is -0.116. The molecular weight excluding hydrogens is 309 g/mol. The van der Waals surface area contributed by atoms with Crippen molar-refractivity contribution in [2.45, 2.75) is 6.92 Å². The Morgan fingerprint density at radius 2 is 1.70 bits per heavy atom. The highest BCUT2D eigenvalue weighted by Gasteiger charge is 2.16. The molecule has 0 bridgehead atoms. The summed E-state index contributed by atoms with van der Waals surface area (Å²) < 4.78 is 39.5. The summed E-state index contributed by atoms with van der Waals surface area (Å²) in [6.45, 7) is 1.31. The Bertz CT molecular complexity index is 778. The van der Waals surface area contributed by atoms with Gasteiger partial charge in [-0.25, -0.2) is 13.2 Å². The zero-order chi connectivity index (χ0) is 17.1. The maximum atomic E-state index is 13.4. The number of hydrogen-bond donors (Lipinski definition) is 1. The molecule has 0 spiro atoms. The molecule has 0 heterocycles. The van der Waals surface area contributed by atoms with Crippen LogP contribution >= 0.6 is 0 Å². The van der Waals surface area contributed by atoms with Crippen LogP contribution in [0.1, 0.15) is 17.3 Å². The van der Waals surface area contributed by atoms with Crippen molar-refractivity contribution < 1.29 is 22.8 Å². The molecule has 0 radical (unpaired) electrons. The molecular formula is C16H13F3N2O2. The minimum absolute atomic E-state index is 0.0393. The fourth-order valence-corrected chi connectivity index (χ4v) is 1.90. The number of nitrogens with zero attached hydrogens (tertiary/aromatic N) is 1. The van der Waals surface area contributed by atoms with Crippen molar-refractivity contribution in [1.82, 2.24) is 0 Å². The first-order valence-electron chi connectivity index (χ1n) is 6.60. The van der Waals surface area contributed by atoms with Gasteiger partial charge in [-0.1, -0.05) is 0 Å². The van der Waals surface area contributed by atoms with Crippen LogP contribution in [0.2, 0.25) is 0 Å². The van der Waals surface area contributed by atoms with Crippen LogP contribution in [0.3, 0.4) is 0 Å². The highest BCUT2D eigenvalue weighted by molar-refractivity contribution is 6.07. The second-order valence-electron chi connectivity index (χ2n) is 4.82. The normalized spacial score (nSPS) is 10.3. The second kappa shape index (κ2) is 6.51. The summed E-state index contributed by atoms with van der Waals surface area (Å²) in [6.07, 6.45) is 0. The van der Waals surface area contributed by atoms with E-state index in [-0.39, 0.29) is 22.8 Å². The van der Waals surface area contributed by atoms with Crippen molar-refractivity contribution >= 4 is 23.2 Å². The Morgan fingerprint density at radius 1 is 1.00 bits per heavy atom. The van der Waals surface area contributed by atoms with Gasteiger partial charge < -0.3 is 10.2 Å². The van der Waals surface area contributed by atoms with Gasteiger partial charge in [-0.3, -0.25) is 9.59 Å². The predicted molar refractivity (Wildman–Crippen MR) is 79.8 cm³/mol. The predicted octanol–water partition coefficient (Wildman–Crippen LogP) is 3.34. The van der Waals surface area contributed by atoms with E-state index in [2.05, 4.69) is 5.32 Å². The fourth-order valence-electron chi connectivity index (χ4n) is 1.90. The maximum absolute atomic E-state index is 13.4. The molecule has 120 valence electrons. The van der Waals surface area contributed by atoms with Gasteiger partial charge in [0.05, 0.1) is 11.4 Å². The molecule has 23 heavy (non-hydrogen) atoms. The molecule has 4 nitrogen and oxygen atoms in total. The smallest absolute Gasteiger partial charge is 0.255 e. The zero-order valence-corrected chi connectivity index (χ0v) is 12.4. The van der Waals surface area contributed by atoms with Crippen LogP contribution in [-0.2, 0) is 4.79 Å². The van der Waals surface area contributed by atoms with Gasteiger partial charge in [0, 0.05) is 19.5 Å². The van der Waals surface area contributed by atoms with E-state index in [0.29, 0.717) is 0 Å². The molecule has 0 saturated heterocycles. The molecule has 0 aromatic heterocycles. The monoisotopic (exact) mass is 322 g/mol. The van der Waals surface area contributed by atoms with E-state index >= 15 is 0 Å². The molecule has 0 aliphatic rings. The van der Waals surface area contributed by atoms with Crippen LogP contribution in [0.15, 0.2) is 36.4 Å². The minimum atomic E-state index is -1.17. The van der Waals surface area contributed by atoms with E-state index in [4.69, 9.17) is 0 Å². The molecule has 7 heteroatoms. The van der Waals surface area contributed by atoms with E-state index in [1.54, 1.807) is 0 Å². The second-order valence-corrected chi connectivity index (χ2v) is 4.82. The molecule has 0 fully saturated rings. The third-order valence-electron chi connectivity index (χ3n) is 3.22. The molecule has 2 aromatic carbocycles. The number of nitrogens with one attached hydrogen (secondary N) is 1. The largest absolute Gasteiger partial charge is 0.320 e. The van der Waals surface area contributed by atoms with Gasteiger partial charge in [-0.2, -0.15) is 0 Å². The number of rotatable bonds is 3. The van der Waals surface area contributed by atoms with Gasteiger partial charge in [0.25, 0.3) is 5.91 Å². The van der Waals surface area contributed by atoms with E-state index in [0.717, 1.165) is 30.3 Å². The number of carbonyl (C=O) groups is 2. The Hall–Kier alpha value is -2.83. The number of anilines is 2. The summed E-state index contributed by atoms with van der Waals surface area (Å²) in [5.41, 5.74) is 0.178. The quantitative estimate of drug-likeness (QED) is 0.942. The molecule has 2 rings (SSSR count). The lowest BCUT2D eigenvalue weighted by atomic mass is 10.1. The maximum Gasteiger partial charge on any atom is 0.255 e. The molecule has 0 aliphatic carbocycles. The van der Waals surface area contributed by atoms with Gasteiger partial charge >= 0.3 is 0 Å². The van der Waals surface area contributed by atoms with Gasteiger partial charge in [-0.15, -0.1) is 0 Å². The van der Waals surface area contributed by atoms with Crippen LogP contribution in [0.5, 0.6) is 0 Å². The minimum Gasteiger partial charge on any atom is -0.320 e. The summed E-state index contributed by atoms with van der Waals surface area (Å²) in [5.74, 6) is -3.94. The molecule has 0 saturated carbocycles. The first-order valence-corrected chi connectivity index (χ1v) is 6.60. The Morgan fingerprint density at radius 3 is 2.30 bits per heavy atom. The zero-order valence-electron chi connectivity index (χ0n) is 12.4. The average Bonchev–Trinajstić information content (AvgIpc) is 2.49. The van der Waals surface area contributed by atoms with Crippen molar-refractivity contribution in [1.29, 1.82) is 0 Å². The van der Waals surface area contributed by atoms with Crippen molar-refractivity contribution in [3.63, 3.8) is 0 Å².